The van der Waals surface area contributed by atoms with Gasteiger partial charge in [-0.2, -0.15) is 0 Å². The van der Waals surface area contributed by atoms with Crippen LogP contribution < -0.4 is 0 Å². The van der Waals surface area contributed by atoms with Crippen LogP contribution in [-0.4, -0.2) is 4.70 Å². The third-order valence-corrected chi connectivity index (χ3v) is 8.81. The van der Waals surface area contributed by atoms with E-state index in [1.54, 1.807) is 4.70 Å². The SMILES string of the molecule is CCCCCCCCC1=C(c2cc(CCCC)cc(CCCC)c2)[N+](=[N-])C(c2cc(CCCC)cc(CCCC)c2)=C1. The average Bonchev–Trinajstić information content (AvgIpc) is 3.34. The molecule has 0 saturated carbocycles. The van der Waals surface area contributed by atoms with Crippen LogP contribution in [0.5, 0.6) is 0 Å². The molecule has 0 aromatic heterocycles. The maximum atomic E-state index is 12.0. The van der Waals surface area contributed by atoms with E-state index in [9.17, 15) is 5.53 Å². The molecule has 1 aliphatic rings. The van der Waals surface area contributed by atoms with Crippen molar-refractivity contribution in [2.75, 3.05) is 0 Å². The van der Waals surface area contributed by atoms with Gasteiger partial charge in [0, 0.05) is 22.8 Å². The maximum absolute atomic E-state index is 12.0. The summed E-state index contributed by atoms with van der Waals surface area (Å²) in [6, 6.07) is 14.3. The Bertz CT molecular complexity index is 1130. The smallest absolute Gasteiger partial charge is 0.210 e. The van der Waals surface area contributed by atoms with Crippen molar-refractivity contribution in [3.63, 3.8) is 0 Å². The number of nitrogens with zero attached hydrogens (tertiary/aromatic N) is 2. The molecule has 2 nitrogen and oxygen atoms in total. The van der Waals surface area contributed by atoms with Crippen LogP contribution in [0.25, 0.3) is 16.9 Å². The highest BCUT2D eigenvalue weighted by Crippen LogP contribution is 2.39. The molecular formula is C40H60N2. The second-order valence-corrected chi connectivity index (χ2v) is 12.7. The summed E-state index contributed by atoms with van der Waals surface area (Å²) in [7, 11) is 0. The van der Waals surface area contributed by atoms with Gasteiger partial charge >= 0.3 is 0 Å². The van der Waals surface area contributed by atoms with E-state index < -0.39 is 0 Å². The Kier molecular flexibility index (Phi) is 15.3. The number of aryl methyl sites for hydroxylation is 4. The van der Waals surface area contributed by atoms with E-state index in [0.29, 0.717) is 0 Å². The van der Waals surface area contributed by atoms with Gasteiger partial charge in [0.25, 0.3) is 0 Å². The van der Waals surface area contributed by atoms with Crippen molar-refractivity contribution in [3.05, 3.63) is 87.0 Å². The first-order chi connectivity index (χ1) is 20.5. The van der Waals surface area contributed by atoms with Gasteiger partial charge in [0.1, 0.15) is 0 Å². The summed E-state index contributed by atoms with van der Waals surface area (Å²) in [6.45, 7) is 11.4. The molecule has 2 heteroatoms. The zero-order valence-electron chi connectivity index (χ0n) is 27.9. The van der Waals surface area contributed by atoms with Crippen LogP contribution in [0.15, 0.2) is 48.0 Å². The Morgan fingerprint density at radius 1 is 0.452 bits per heavy atom. The van der Waals surface area contributed by atoms with Crippen LogP contribution in [0.2, 0.25) is 0 Å². The van der Waals surface area contributed by atoms with Gasteiger partial charge in [-0.25, -0.2) is 4.70 Å². The Hall–Kier alpha value is -2.48. The number of rotatable bonds is 21. The van der Waals surface area contributed by atoms with E-state index in [0.717, 1.165) is 43.5 Å². The highest BCUT2D eigenvalue weighted by atomic mass is 15.2. The van der Waals surface area contributed by atoms with Crippen molar-refractivity contribution in [2.24, 2.45) is 0 Å². The second-order valence-electron chi connectivity index (χ2n) is 12.7. The summed E-state index contributed by atoms with van der Waals surface area (Å²) in [4.78, 5) is 0. The molecule has 0 spiro atoms. The second kappa shape index (κ2) is 18.9. The third kappa shape index (κ3) is 10.4. The van der Waals surface area contributed by atoms with Gasteiger partial charge < -0.3 is 5.53 Å². The van der Waals surface area contributed by atoms with Gasteiger partial charge in [-0.15, -0.1) is 0 Å². The summed E-state index contributed by atoms with van der Waals surface area (Å²) >= 11 is 0. The van der Waals surface area contributed by atoms with E-state index in [1.165, 1.54) is 129 Å². The zero-order chi connectivity index (χ0) is 30.2. The Labute approximate surface area is 259 Å². The van der Waals surface area contributed by atoms with E-state index in [1.807, 2.05) is 0 Å². The lowest BCUT2D eigenvalue weighted by atomic mass is 9.95. The lowest BCUT2D eigenvalue weighted by molar-refractivity contribution is -0.344. The van der Waals surface area contributed by atoms with Gasteiger partial charge in [0.05, 0.1) is 0 Å². The number of unbranched alkanes of at least 4 members (excludes halogenated alkanes) is 9. The van der Waals surface area contributed by atoms with Crippen LogP contribution in [-0.2, 0) is 25.7 Å². The van der Waals surface area contributed by atoms with Crippen molar-refractivity contribution in [1.29, 1.82) is 0 Å². The molecule has 0 aliphatic carbocycles. The van der Waals surface area contributed by atoms with Crippen LogP contribution in [0, 0.1) is 0 Å². The van der Waals surface area contributed by atoms with Crippen LogP contribution >= 0.6 is 0 Å². The van der Waals surface area contributed by atoms with Crippen molar-refractivity contribution < 1.29 is 4.70 Å². The normalized spacial score (nSPS) is 13.4. The van der Waals surface area contributed by atoms with Crippen LogP contribution in [0.1, 0.15) is 164 Å². The monoisotopic (exact) mass is 568 g/mol. The summed E-state index contributed by atoms with van der Waals surface area (Å²) in [5, 5.41) is 0. The molecule has 42 heavy (non-hydrogen) atoms. The largest absolute Gasteiger partial charge is 0.493 e. The first-order valence-electron chi connectivity index (χ1n) is 17.7. The molecule has 0 N–H and O–H groups in total. The highest BCUT2D eigenvalue weighted by molar-refractivity contribution is 5.79. The summed E-state index contributed by atoms with van der Waals surface area (Å²) < 4.78 is 1.55. The van der Waals surface area contributed by atoms with Crippen molar-refractivity contribution >= 4 is 11.4 Å². The number of allylic oxidation sites excluding steroid dienone is 2. The molecule has 3 rings (SSSR count). The fourth-order valence-electron chi connectivity index (χ4n) is 6.26. The lowest BCUT2D eigenvalue weighted by Crippen LogP contribution is -2.05. The quantitative estimate of drug-likeness (QED) is 0.106. The van der Waals surface area contributed by atoms with Gasteiger partial charge in [-0.3, -0.25) is 0 Å². The van der Waals surface area contributed by atoms with E-state index in [4.69, 9.17) is 0 Å². The molecule has 1 heterocycles. The van der Waals surface area contributed by atoms with Gasteiger partial charge in [-0.1, -0.05) is 105 Å². The predicted octanol–water partition coefficient (Wildman–Crippen LogP) is 12.6. The first-order valence-corrected chi connectivity index (χ1v) is 17.7. The van der Waals surface area contributed by atoms with Crippen molar-refractivity contribution in [2.45, 2.75) is 157 Å². The summed E-state index contributed by atoms with van der Waals surface area (Å²) in [5.41, 5.74) is 23.2. The highest BCUT2D eigenvalue weighted by Gasteiger charge is 2.29. The van der Waals surface area contributed by atoms with Crippen molar-refractivity contribution in [3.8, 4) is 0 Å². The fraction of sp³-hybridized carbons (Fsp3) is 0.600. The van der Waals surface area contributed by atoms with Crippen molar-refractivity contribution in [1.82, 2.24) is 0 Å². The van der Waals surface area contributed by atoms with Gasteiger partial charge in [-0.05, 0) is 111 Å². The fourth-order valence-corrected chi connectivity index (χ4v) is 6.26. The maximum Gasteiger partial charge on any atom is 0.210 e. The van der Waals surface area contributed by atoms with E-state index in [-0.39, 0.29) is 0 Å². The first kappa shape index (κ1) is 34.0. The Morgan fingerprint density at radius 3 is 1.31 bits per heavy atom. The minimum atomic E-state index is 0.955. The van der Waals surface area contributed by atoms with Crippen LogP contribution in [0.4, 0.5) is 0 Å². The third-order valence-electron chi connectivity index (χ3n) is 8.81. The van der Waals surface area contributed by atoms with Gasteiger partial charge in [0.2, 0.25) is 11.4 Å². The topological polar surface area (TPSA) is 25.3 Å². The lowest BCUT2D eigenvalue weighted by Gasteiger charge is -2.14. The molecule has 2 aromatic rings. The van der Waals surface area contributed by atoms with Crippen LogP contribution in [0.3, 0.4) is 0 Å². The number of hydrogen-bond acceptors (Lipinski definition) is 0. The molecule has 0 atom stereocenters. The number of hydrogen-bond donors (Lipinski definition) is 0. The Morgan fingerprint density at radius 2 is 0.857 bits per heavy atom. The molecule has 1 aliphatic heterocycles. The summed E-state index contributed by atoms with van der Waals surface area (Å²) in [6.07, 6.45) is 25.1. The van der Waals surface area contributed by atoms with E-state index >= 15 is 0 Å². The standard InChI is InChI=1S/C40H60N2/c1-6-11-16-17-18-19-24-36-31-39(37-27-32(20-12-7-2)25-33(28-37)21-13-8-3)42(41)40(36)38-29-34(22-14-9-4)26-35(30-38)23-15-10-5/h25-31H,6-24H2,1-5H3. The minimum absolute atomic E-state index is 0.955. The molecule has 2 aromatic carbocycles. The molecular weight excluding hydrogens is 508 g/mol. The molecule has 0 bridgehead atoms. The molecule has 0 saturated heterocycles. The predicted molar refractivity (Wildman–Crippen MR) is 184 cm³/mol. The molecule has 0 radical (unpaired) electrons. The van der Waals surface area contributed by atoms with Gasteiger partial charge in [0.15, 0.2) is 0 Å². The molecule has 230 valence electrons. The average molecular weight is 569 g/mol. The molecule has 0 unspecified atom stereocenters. The Balaban J connectivity index is 2.02. The minimum Gasteiger partial charge on any atom is -0.493 e. The van der Waals surface area contributed by atoms with E-state index in [2.05, 4.69) is 77.1 Å². The summed E-state index contributed by atoms with van der Waals surface area (Å²) in [5.74, 6) is 0. The zero-order valence-corrected chi connectivity index (χ0v) is 27.9. The molecule has 0 amide bonds. The number of benzene rings is 2. The molecule has 0 fully saturated rings.